The zero-order valence-electron chi connectivity index (χ0n) is 29.4. The molecule has 2 heteroatoms. The molecule has 0 bridgehead atoms. The lowest BCUT2D eigenvalue weighted by Gasteiger charge is -2.35. The molecule has 0 N–H and O–H groups in total. The van der Waals surface area contributed by atoms with Crippen LogP contribution >= 0.6 is 0 Å². The Kier molecular flexibility index (Phi) is 5.39. The van der Waals surface area contributed by atoms with E-state index in [-0.39, 0.29) is 11.3 Å². The standard InChI is InChI=1S/C52H32N2/c1-3-15-32(16-4-1)53(34-29-30-45-42(31-34)35-19-10-12-27-44(35)54(45)33-17-5-2-6-18-33)46-28-14-24-39-38-23-13-25-41-48-37-21-8-7-20-36(37)47-40-22-9-11-26-43(40)52(49(38)41,50(39)46)51(47)48/h1-31,48H. The molecule has 4 aliphatic carbocycles. The van der Waals surface area contributed by atoms with E-state index in [1.807, 2.05) is 0 Å². The lowest BCUT2D eigenvalue weighted by molar-refractivity contribution is 0.772. The molecule has 4 aliphatic rings. The third kappa shape index (κ3) is 3.30. The molecule has 2 nitrogen and oxygen atoms in total. The van der Waals surface area contributed by atoms with Crippen molar-refractivity contribution in [3.63, 3.8) is 0 Å². The Bertz CT molecular complexity index is 3110. The van der Waals surface area contributed by atoms with E-state index in [2.05, 4.69) is 198 Å². The van der Waals surface area contributed by atoms with Crippen LogP contribution in [-0.4, -0.2) is 4.57 Å². The van der Waals surface area contributed by atoms with Gasteiger partial charge in [0, 0.05) is 39.3 Å². The van der Waals surface area contributed by atoms with Crippen LogP contribution in [0.3, 0.4) is 0 Å². The fourth-order valence-electron chi connectivity index (χ4n) is 11.0. The van der Waals surface area contributed by atoms with Crippen LogP contribution in [0.15, 0.2) is 194 Å². The summed E-state index contributed by atoms with van der Waals surface area (Å²) in [7, 11) is 0. The summed E-state index contributed by atoms with van der Waals surface area (Å²) in [4.78, 5) is 2.53. The van der Waals surface area contributed by atoms with Crippen molar-refractivity contribution in [2.75, 3.05) is 4.90 Å². The lowest BCUT2D eigenvalue weighted by atomic mass is 9.71. The highest BCUT2D eigenvalue weighted by Gasteiger charge is 2.64. The van der Waals surface area contributed by atoms with Crippen LogP contribution in [0, 0.1) is 0 Å². The summed E-state index contributed by atoms with van der Waals surface area (Å²) in [6, 6.07) is 70.2. The minimum absolute atomic E-state index is 0.241. The summed E-state index contributed by atoms with van der Waals surface area (Å²) >= 11 is 0. The van der Waals surface area contributed by atoms with Crippen molar-refractivity contribution in [1.82, 2.24) is 4.57 Å². The summed E-state index contributed by atoms with van der Waals surface area (Å²) in [5, 5.41) is 2.49. The second kappa shape index (κ2) is 10.2. The van der Waals surface area contributed by atoms with Gasteiger partial charge in [0.25, 0.3) is 0 Å². The molecule has 0 saturated heterocycles. The fraction of sp³-hybridized carbons (Fsp3) is 0.0385. The zero-order valence-corrected chi connectivity index (χ0v) is 29.4. The highest BCUT2D eigenvalue weighted by molar-refractivity contribution is 6.12. The molecule has 0 aliphatic heterocycles. The Morgan fingerprint density at radius 1 is 0.444 bits per heavy atom. The van der Waals surface area contributed by atoms with Gasteiger partial charge < -0.3 is 9.47 Å². The first-order chi connectivity index (χ1) is 26.8. The van der Waals surface area contributed by atoms with E-state index in [4.69, 9.17) is 0 Å². The van der Waals surface area contributed by atoms with Gasteiger partial charge in [-0.3, -0.25) is 0 Å². The van der Waals surface area contributed by atoms with Crippen molar-refractivity contribution in [2.45, 2.75) is 11.3 Å². The van der Waals surface area contributed by atoms with Crippen molar-refractivity contribution in [1.29, 1.82) is 0 Å². The van der Waals surface area contributed by atoms with E-state index in [9.17, 15) is 0 Å². The highest BCUT2D eigenvalue weighted by Crippen LogP contribution is 2.75. The lowest BCUT2D eigenvalue weighted by Crippen LogP contribution is -2.27. The number of hydrogen-bond acceptors (Lipinski definition) is 1. The summed E-state index contributed by atoms with van der Waals surface area (Å²) in [5.74, 6) is 0.241. The number of anilines is 3. The molecule has 0 amide bonds. The maximum absolute atomic E-state index is 2.53. The minimum Gasteiger partial charge on any atom is -0.310 e. The SMILES string of the molecule is c1ccc(N(c2ccc3c(c2)c2ccccc2n3-c2ccccc2)c2cccc3c2C24C5=C(c6ccccc6C5c5cccc-3c52)c2ccccc24)cc1. The predicted octanol–water partition coefficient (Wildman–Crippen LogP) is 12.8. The first-order valence-corrected chi connectivity index (χ1v) is 19.0. The third-order valence-electron chi connectivity index (χ3n) is 12.8. The molecule has 0 fully saturated rings. The summed E-state index contributed by atoms with van der Waals surface area (Å²) in [6.45, 7) is 0. The van der Waals surface area contributed by atoms with Crippen molar-refractivity contribution in [2.24, 2.45) is 0 Å². The molecule has 8 aromatic carbocycles. The molecule has 2 unspecified atom stereocenters. The summed E-state index contributed by atoms with van der Waals surface area (Å²) < 4.78 is 2.40. The van der Waals surface area contributed by atoms with Crippen molar-refractivity contribution >= 4 is 44.4 Å². The Balaban J connectivity index is 1.13. The zero-order chi connectivity index (χ0) is 35.1. The molecular formula is C52H32N2. The number of nitrogens with zero attached hydrogens (tertiary/aromatic N) is 2. The monoisotopic (exact) mass is 684 g/mol. The van der Waals surface area contributed by atoms with Crippen molar-refractivity contribution in [3.05, 3.63) is 233 Å². The van der Waals surface area contributed by atoms with Crippen LogP contribution in [0.4, 0.5) is 17.1 Å². The van der Waals surface area contributed by atoms with Gasteiger partial charge >= 0.3 is 0 Å². The molecule has 250 valence electrons. The maximum atomic E-state index is 2.53. The van der Waals surface area contributed by atoms with E-state index in [0.29, 0.717) is 0 Å². The number of benzene rings is 8. The first kappa shape index (κ1) is 28.7. The van der Waals surface area contributed by atoms with Gasteiger partial charge in [0.05, 0.1) is 22.1 Å². The normalized spacial score (nSPS) is 17.8. The molecule has 0 saturated carbocycles. The molecule has 1 aromatic heterocycles. The molecule has 2 atom stereocenters. The van der Waals surface area contributed by atoms with Crippen molar-refractivity contribution in [3.8, 4) is 16.8 Å². The van der Waals surface area contributed by atoms with Gasteiger partial charge in [0.2, 0.25) is 0 Å². The second-order valence-electron chi connectivity index (χ2n) is 15.1. The average Bonchev–Trinajstić information content (AvgIpc) is 4.00. The number of aromatic nitrogens is 1. The van der Waals surface area contributed by atoms with Crippen LogP contribution in [0.2, 0.25) is 0 Å². The Hall–Kier alpha value is -6.90. The van der Waals surface area contributed by atoms with Gasteiger partial charge in [-0.2, -0.15) is 0 Å². The van der Waals surface area contributed by atoms with Crippen LogP contribution in [0.1, 0.15) is 44.9 Å². The number of para-hydroxylation sites is 3. The Morgan fingerprint density at radius 3 is 1.96 bits per heavy atom. The number of hydrogen-bond donors (Lipinski definition) is 0. The van der Waals surface area contributed by atoms with Gasteiger partial charge in [-0.1, -0.05) is 133 Å². The average molecular weight is 685 g/mol. The maximum Gasteiger partial charge on any atom is 0.0721 e. The predicted molar refractivity (Wildman–Crippen MR) is 222 cm³/mol. The van der Waals surface area contributed by atoms with Crippen LogP contribution in [-0.2, 0) is 5.41 Å². The number of fused-ring (bicyclic) bond motifs is 11. The molecular weight excluding hydrogens is 653 g/mol. The molecule has 1 heterocycles. The van der Waals surface area contributed by atoms with Crippen LogP contribution in [0.5, 0.6) is 0 Å². The van der Waals surface area contributed by atoms with E-state index in [0.717, 1.165) is 11.4 Å². The number of allylic oxidation sites excluding steroid dienone is 1. The first-order valence-electron chi connectivity index (χ1n) is 19.0. The number of rotatable bonds is 4. The van der Waals surface area contributed by atoms with E-state index >= 15 is 0 Å². The van der Waals surface area contributed by atoms with Crippen LogP contribution in [0.25, 0.3) is 44.2 Å². The second-order valence-corrected chi connectivity index (χ2v) is 15.1. The van der Waals surface area contributed by atoms with E-state index in [1.165, 1.54) is 88.8 Å². The molecule has 9 aromatic rings. The summed E-state index contributed by atoms with van der Waals surface area (Å²) in [5.41, 5.74) is 22.4. The Labute approximate surface area is 313 Å². The molecule has 0 radical (unpaired) electrons. The summed E-state index contributed by atoms with van der Waals surface area (Å²) in [6.07, 6.45) is 0. The third-order valence-corrected chi connectivity index (χ3v) is 12.8. The topological polar surface area (TPSA) is 8.17 Å². The van der Waals surface area contributed by atoms with E-state index in [1.54, 1.807) is 5.57 Å². The smallest absolute Gasteiger partial charge is 0.0721 e. The minimum atomic E-state index is -0.381. The largest absolute Gasteiger partial charge is 0.310 e. The molecule has 13 rings (SSSR count). The molecule has 54 heavy (non-hydrogen) atoms. The van der Waals surface area contributed by atoms with Crippen LogP contribution < -0.4 is 4.90 Å². The van der Waals surface area contributed by atoms with E-state index < -0.39 is 0 Å². The Morgan fingerprint density at radius 2 is 1.09 bits per heavy atom. The van der Waals surface area contributed by atoms with Gasteiger partial charge in [0.1, 0.15) is 0 Å². The highest BCUT2D eigenvalue weighted by atomic mass is 15.1. The fourth-order valence-corrected chi connectivity index (χ4v) is 11.0. The molecule has 1 spiro atoms. The van der Waals surface area contributed by atoms with Gasteiger partial charge in [-0.25, -0.2) is 0 Å². The quantitative estimate of drug-likeness (QED) is 0.179. The van der Waals surface area contributed by atoms with Gasteiger partial charge in [-0.15, -0.1) is 0 Å². The van der Waals surface area contributed by atoms with Gasteiger partial charge in [0.15, 0.2) is 0 Å². The van der Waals surface area contributed by atoms with Gasteiger partial charge in [-0.05, 0) is 110 Å². The van der Waals surface area contributed by atoms with Crippen molar-refractivity contribution < 1.29 is 0 Å².